The molecule has 9 nitrogen and oxygen atoms in total. The quantitative estimate of drug-likeness (QED) is 0.250. The van der Waals surface area contributed by atoms with Crippen molar-refractivity contribution in [3.05, 3.63) is 115 Å². The lowest BCUT2D eigenvalue weighted by Crippen LogP contribution is -2.40. The van der Waals surface area contributed by atoms with Gasteiger partial charge in [0.25, 0.3) is 0 Å². The number of hydrogen-bond acceptors (Lipinski definition) is 7. The predicted molar refractivity (Wildman–Crippen MR) is 147 cm³/mol. The largest absolute Gasteiger partial charge is 0.384 e. The van der Waals surface area contributed by atoms with Crippen LogP contribution in [0.3, 0.4) is 0 Å². The fourth-order valence-corrected chi connectivity index (χ4v) is 4.82. The molecular formula is C29H23F3N8O. The van der Waals surface area contributed by atoms with E-state index in [0.717, 1.165) is 23.3 Å². The first-order valence-electron chi connectivity index (χ1n) is 12.5. The zero-order chi connectivity index (χ0) is 28.6. The van der Waals surface area contributed by atoms with Crippen LogP contribution in [0.1, 0.15) is 5.56 Å². The third kappa shape index (κ3) is 5.08. The van der Waals surface area contributed by atoms with Gasteiger partial charge in [-0.05, 0) is 60.2 Å². The van der Waals surface area contributed by atoms with E-state index in [9.17, 15) is 18.3 Å². The summed E-state index contributed by atoms with van der Waals surface area (Å²) < 4.78 is 45.4. The Hall–Kier alpha value is -5.23. The van der Waals surface area contributed by atoms with Gasteiger partial charge in [0.15, 0.2) is 0 Å². The first kappa shape index (κ1) is 26.0. The normalized spacial score (nSPS) is 12.9. The predicted octanol–water partition coefficient (Wildman–Crippen LogP) is 4.65. The minimum absolute atomic E-state index is 0.116. The summed E-state index contributed by atoms with van der Waals surface area (Å²) >= 11 is 0. The lowest BCUT2D eigenvalue weighted by molar-refractivity contribution is 0.0246. The SMILES string of the molecule is Nc1cc(-c2c(-c3ccc(F)cc3)nn3c(NC[C@@](O)(Cn4cncn4)c4ccc(F)cc4F)cccc23)ccn1. The lowest BCUT2D eigenvalue weighted by Gasteiger charge is -2.29. The Kier molecular flexibility index (Phi) is 6.59. The second-order valence-electron chi connectivity index (χ2n) is 9.51. The van der Waals surface area contributed by atoms with Gasteiger partial charge in [0.1, 0.15) is 53.0 Å². The van der Waals surface area contributed by atoms with E-state index in [0.29, 0.717) is 28.4 Å². The van der Waals surface area contributed by atoms with E-state index >= 15 is 0 Å². The van der Waals surface area contributed by atoms with Crippen molar-refractivity contribution in [3.8, 4) is 22.4 Å². The van der Waals surface area contributed by atoms with Crippen LogP contribution in [0.4, 0.5) is 24.8 Å². The Morgan fingerprint density at radius 2 is 1.73 bits per heavy atom. The van der Waals surface area contributed by atoms with Gasteiger partial charge in [0.05, 0.1) is 18.6 Å². The van der Waals surface area contributed by atoms with E-state index in [1.165, 1.54) is 35.5 Å². The number of pyridine rings is 2. The van der Waals surface area contributed by atoms with Gasteiger partial charge in [-0.25, -0.2) is 32.3 Å². The Morgan fingerprint density at radius 1 is 0.927 bits per heavy atom. The van der Waals surface area contributed by atoms with Crippen LogP contribution in [-0.2, 0) is 12.1 Å². The maximum absolute atomic E-state index is 14.9. The Balaban J connectivity index is 1.45. The van der Waals surface area contributed by atoms with Crippen LogP contribution < -0.4 is 11.1 Å². The van der Waals surface area contributed by atoms with Gasteiger partial charge < -0.3 is 16.2 Å². The van der Waals surface area contributed by atoms with Crippen molar-refractivity contribution in [2.24, 2.45) is 0 Å². The molecular weight excluding hydrogens is 533 g/mol. The van der Waals surface area contributed by atoms with E-state index < -0.39 is 17.2 Å². The van der Waals surface area contributed by atoms with Crippen LogP contribution in [0.25, 0.3) is 27.9 Å². The van der Waals surface area contributed by atoms with Gasteiger partial charge in [-0.1, -0.05) is 12.1 Å². The van der Waals surface area contributed by atoms with Gasteiger partial charge >= 0.3 is 0 Å². The highest BCUT2D eigenvalue weighted by molar-refractivity contribution is 5.93. The van der Waals surface area contributed by atoms with Crippen LogP contribution in [0.2, 0.25) is 0 Å². The van der Waals surface area contributed by atoms with Crippen molar-refractivity contribution in [3.63, 3.8) is 0 Å². The monoisotopic (exact) mass is 556 g/mol. The molecule has 206 valence electrons. The number of anilines is 2. The minimum Gasteiger partial charge on any atom is -0.384 e. The topological polar surface area (TPSA) is 119 Å². The molecule has 0 amide bonds. The number of benzene rings is 2. The number of nitrogens with two attached hydrogens (primary N) is 1. The summed E-state index contributed by atoms with van der Waals surface area (Å²) in [5, 5.41) is 23.8. The van der Waals surface area contributed by atoms with Gasteiger partial charge in [-0.15, -0.1) is 0 Å². The molecule has 4 heterocycles. The molecule has 0 aliphatic carbocycles. The van der Waals surface area contributed by atoms with Gasteiger partial charge in [0, 0.05) is 29.0 Å². The van der Waals surface area contributed by atoms with Gasteiger partial charge in [0.2, 0.25) is 0 Å². The standard InChI is InChI=1S/C29H23F3N8O/c30-20-6-4-18(5-7-20)28-27(19-10-11-35-25(33)12-19)24-2-1-3-26(40(24)38-28)36-14-29(41,15-39-17-34-16-37-39)22-9-8-21(31)13-23(22)32/h1-13,16-17,36,41H,14-15H2,(H2,33,35)/t29-/m1/s1. The average molecular weight is 557 g/mol. The molecule has 0 aliphatic rings. The molecule has 0 fully saturated rings. The van der Waals surface area contributed by atoms with Gasteiger partial charge in [-0.2, -0.15) is 10.2 Å². The summed E-state index contributed by atoms with van der Waals surface area (Å²) in [6, 6.07) is 17.9. The van der Waals surface area contributed by atoms with Crippen LogP contribution in [-0.4, -0.2) is 41.0 Å². The Labute approximate surface area is 231 Å². The number of halogens is 3. The Morgan fingerprint density at radius 3 is 2.46 bits per heavy atom. The molecule has 0 unspecified atom stereocenters. The number of nitrogens with one attached hydrogen (secondary N) is 1. The number of aliphatic hydroxyl groups is 1. The Bertz CT molecular complexity index is 1840. The zero-order valence-corrected chi connectivity index (χ0v) is 21.4. The molecule has 2 aromatic carbocycles. The second kappa shape index (κ2) is 10.4. The van der Waals surface area contributed by atoms with Crippen molar-refractivity contribution in [1.29, 1.82) is 0 Å². The third-order valence-corrected chi connectivity index (χ3v) is 6.73. The highest BCUT2D eigenvalue weighted by atomic mass is 19.1. The number of nitrogens with zero attached hydrogens (tertiary/aromatic N) is 6. The van der Waals surface area contributed by atoms with E-state index in [1.807, 2.05) is 6.07 Å². The van der Waals surface area contributed by atoms with Crippen LogP contribution >= 0.6 is 0 Å². The van der Waals surface area contributed by atoms with Crippen molar-refractivity contribution < 1.29 is 18.3 Å². The second-order valence-corrected chi connectivity index (χ2v) is 9.51. The molecule has 0 saturated heterocycles. The summed E-state index contributed by atoms with van der Waals surface area (Å²) in [4.78, 5) is 7.98. The van der Waals surface area contributed by atoms with E-state index in [4.69, 9.17) is 10.8 Å². The highest BCUT2D eigenvalue weighted by Crippen LogP contribution is 2.37. The van der Waals surface area contributed by atoms with Crippen LogP contribution in [0.15, 0.2) is 91.6 Å². The van der Waals surface area contributed by atoms with Crippen molar-refractivity contribution in [2.45, 2.75) is 12.1 Å². The smallest absolute Gasteiger partial charge is 0.137 e. The van der Waals surface area contributed by atoms with Crippen LogP contribution in [0.5, 0.6) is 0 Å². The van der Waals surface area contributed by atoms with Crippen molar-refractivity contribution >= 4 is 17.2 Å². The lowest BCUT2D eigenvalue weighted by atomic mass is 9.92. The molecule has 6 aromatic rings. The van der Waals surface area contributed by atoms with Crippen LogP contribution in [0, 0.1) is 17.5 Å². The van der Waals surface area contributed by atoms with E-state index in [2.05, 4.69) is 20.4 Å². The van der Waals surface area contributed by atoms with E-state index in [-0.39, 0.29) is 24.5 Å². The molecule has 4 aromatic heterocycles. The third-order valence-electron chi connectivity index (χ3n) is 6.73. The molecule has 12 heteroatoms. The summed E-state index contributed by atoms with van der Waals surface area (Å²) in [5.41, 5.74) is 7.41. The fraction of sp³-hybridized carbons (Fsp3) is 0.103. The summed E-state index contributed by atoms with van der Waals surface area (Å²) in [5.74, 6) is -1.25. The molecule has 0 bridgehead atoms. The first-order chi connectivity index (χ1) is 19.8. The molecule has 4 N–H and O–H groups in total. The number of rotatable bonds is 8. The molecule has 6 rings (SSSR count). The molecule has 41 heavy (non-hydrogen) atoms. The minimum atomic E-state index is -1.86. The van der Waals surface area contributed by atoms with Crippen molar-refractivity contribution in [2.75, 3.05) is 17.6 Å². The zero-order valence-electron chi connectivity index (χ0n) is 21.4. The summed E-state index contributed by atoms with van der Waals surface area (Å²) in [7, 11) is 0. The van der Waals surface area contributed by atoms with Crippen molar-refractivity contribution in [1.82, 2.24) is 29.4 Å². The molecule has 0 saturated carbocycles. The number of hydrogen-bond donors (Lipinski definition) is 3. The maximum Gasteiger partial charge on any atom is 0.137 e. The molecule has 0 aliphatic heterocycles. The fourth-order valence-electron chi connectivity index (χ4n) is 4.82. The number of fused-ring (bicyclic) bond motifs is 1. The molecule has 0 spiro atoms. The number of aromatic nitrogens is 6. The number of nitrogen functional groups attached to an aromatic ring is 1. The summed E-state index contributed by atoms with van der Waals surface area (Å²) in [6.07, 6.45) is 4.28. The average Bonchev–Trinajstić information content (AvgIpc) is 3.60. The highest BCUT2D eigenvalue weighted by Gasteiger charge is 2.34. The summed E-state index contributed by atoms with van der Waals surface area (Å²) in [6.45, 7) is -0.363. The van der Waals surface area contributed by atoms with E-state index in [1.54, 1.807) is 47.1 Å². The van der Waals surface area contributed by atoms with Gasteiger partial charge in [-0.3, -0.25) is 0 Å². The first-order valence-corrected chi connectivity index (χ1v) is 12.5. The molecule has 1 atom stereocenters. The molecule has 0 radical (unpaired) electrons. The maximum atomic E-state index is 14.9.